The van der Waals surface area contributed by atoms with E-state index in [1.807, 2.05) is 6.07 Å². The number of hydrogen-bond acceptors (Lipinski definition) is 6. The number of unbranched alkanes of at least 4 members (excludes halogenated alkanes) is 4. The Morgan fingerprint density at radius 2 is 1.28 bits per heavy atom. The lowest BCUT2D eigenvalue weighted by molar-refractivity contribution is -0.139. The lowest BCUT2D eigenvalue weighted by Crippen LogP contribution is -2.42. The Bertz CT molecular complexity index is 1590. The number of carbonyl (C=O) groups is 4. The van der Waals surface area contributed by atoms with Crippen LogP contribution >= 0.6 is 0 Å². The average molecular weight is 623 g/mol. The lowest BCUT2D eigenvalue weighted by Gasteiger charge is -2.15. The number of carboxylic acids is 1. The molecule has 0 fully saturated rings. The SMILES string of the molecule is CCCCCCCOc1ccc(C(=O)Oc2ccc(C[C@H](NC(=O)c3ccc(NC(=O)c4ccccc4)cc3)C(=O)O)cc2)cc1. The van der Waals surface area contributed by atoms with Gasteiger partial charge in [-0.25, -0.2) is 9.59 Å². The third-order valence-corrected chi connectivity index (χ3v) is 7.22. The maximum atomic E-state index is 12.8. The van der Waals surface area contributed by atoms with Crippen LogP contribution in [0.2, 0.25) is 0 Å². The fourth-order valence-corrected chi connectivity index (χ4v) is 4.62. The van der Waals surface area contributed by atoms with Crippen molar-refractivity contribution in [3.63, 3.8) is 0 Å². The molecule has 0 aliphatic carbocycles. The van der Waals surface area contributed by atoms with Crippen LogP contribution in [0.3, 0.4) is 0 Å². The van der Waals surface area contributed by atoms with Crippen molar-refractivity contribution < 1.29 is 33.8 Å². The van der Waals surface area contributed by atoms with Crippen LogP contribution < -0.4 is 20.1 Å². The van der Waals surface area contributed by atoms with Crippen molar-refractivity contribution >= 4 is 29.4 Å². The molecule has 4 aromatic rings. The van der Waals surface area contributed by atoms with Crippen molar-refractivity contribution in [3.8, 4) is 11.5 Å². The highest BCUT2D eigenvalue weighted by molar-refractivity contribution is 6.04. The Hall–Kier alpha value is -5.44. The van der Waals surface area contributed by atoms with E-state index in [1.165, 1.54) is 31.4 Å². The van der Waals surface area contributed by atoms with Crippen LogP contribution in [0.15, 0.2) is 103 Å². The zero-order valence-corrected chi connectivity index (χ0v) is 25.7. The highest BCUT2D eigenvalue weighted by Crippen LogP contribution is 2.19. The number of aliphatic carboxylic acids is 1. The summed E-state index contributed by atoms with van der Waals surface area (Å²) >= 11 is 0. The minimum absolute atomic E-state index is 0.0145. The first-order valence-electron chi connectivity index (χ1n) is 15.4. The smallest absolute Gasteiger partial charge is 0.343 e. The predicted octanol–water partition coefficient (Wildman–Crippen LogP) is 6.93. The number of anilines is 1. The van der Waals surface area contributed by atoms with Crippen molar-refractivity contribution in [1.29, 1.82) is 0 Å². The molecule has 0 radical (unpaired) electrons. The summed E-state index contributed by atoms with van der Waals surface area (Å²) in [5.74, 6) is -1.58. The fraction of sp³-hybridized carbons (Fsp3) is 0.243. The van der Waals surface area contributed by atoms with Crippen molar-refractivity contribution in [3.05, 3.63) is 125 Å². The van der Waals surface area contributed by atoms with Gasteiger partial charge >= 0.3 is 11.9 Å². The number of rotatable bonds is 16. The van der Waals surface area contributed by atoms with E-state index in [1.54, 1.807) is 84.9 Å². The Morgan fingerprint density at radius 3 is 1.93 bits per heavy atom. The van der Waals surface area contributed by atoms with E-state index < -0.39 is 23.9 Å². The molecule has 46 heavy (non-hydrogen) atoms. The first-order valence-corrected chi connectivity index (χ1v) is 15.4. The fourth-order valence-electron chi connectivity index (χ4n) is 4.62. The molecule has 0 heterocycles. The van der Waals surface area contributed by atoms with Gasteiger partial charge in [-0.15, -0.1) is 0 Å². The van der Waals surface area contributed by atoms with E-state index >= 15 is 0 Å². The highest BCUT2D eigenvalue weighted by atomic mass is 16.5. The highest BCUT2D eigenvalue weighted by Gasteiger charge is 2.21. The van der Waals surface area contributed by atoms with Crippen LogP contribution in [0.1, 0.15) is 75.7 Å². The first-order chi connectivity index (χ1) is 22.3. The maximum Gasteiger partial charge on any atom is 0.343 e. The average Bonchev–Trinajstić information content (AvgIpc) is 3.07. The molecular weight excluding hydrogens is 584 g/mol. The number of hydrogen-bond donors (Lipinski definition) is 3. The van der Waals surface area contributed by atoms with Gasteiger partial charge in [-0.2, -0.15) is 0 Å². The second kappa shape index (κ2) is 17.2. The van der Waals surface area contributed by atoms with E-state index in [-0.39, 0.29) is 17.9 Å². The van der Waals surface area contributed by atoms with Gasteiger partial charge in [0.1, 0.15) is 17.5 Å². The van der Waals surface area contributed by atoms with E-state index in [9.17, 15) is 24.3 Å². The van der Waals surface area contributed by atoms with Crippen molar-refractivity contribution in [1.82, 2.24) is 5.32 Å². The molecule has 0 spiro atoms. The monoisotopic (exact) mass is 622 g/mol. The molecule has 4 rings (SSSR count). The zero-order valence-electron chi connectivity index (χ0n) is 25.7. The van der Waals surface area contributed by atoms with Gasteiger partial charge in [0.15, 0.2) is 0 Å². The lowest BCUT2D eigenvalue weighted by atomic mass is 10.0. The molecule has 0 unspecified atom stereocenters. The van der Waals surface area contributed by atoms with Gasteiger partial charge in [0, 0.05) is 23.2 Å². The van der Waals surface area contributed by atoms with Gasteiger partial charge in [-0.1, -0.05) is 62.9 Å². The molecule has 238 valence electrons. The molecule has 3 N–H and O–H groups in total. The minimum Gasteiger partial charge on any atom is -0.494 e. The van der Waals surface area contributed by atoms with E-state index in [4.69, 9.17) is 9.47 Å². The van der Waals surface area contributed by atoms with Crippen LogP contribution in [-0.2, 0) is 11.2 Å². The summed E-state index contributed by atoms with van der Waals surface area (Å²) in [5.41, 5.74) is 2.24. The molecule has 0 saturated heterocycles. The van der Waals surface area contributed by atoms with Gasteiger partial charge < -0.3 is 25.2 Å². The van der Waals surface area contributed by atoms with Crippen molar-refractivity contribution in [2.45, 2.75) is 51.5 Å². The largest absolute Gasteiger partial charge is 0.494 e. The van der Waals surface area contributed by atoms with Crippen molar-refractivity contribution in [2.24, 2.45) is 0 Å². The number of amides is 2. The minimum atomic E-state index is -1.20. The molecule has 9 heteroatoms. The Morgan fingerprint density at radius 1 is 0.674 bits per heavy atom. The van der Waals surface area contributed by atoms with Crippen molar-refractivity contribution in [2.75, 3.05) is 11.9 Å². The molecule has 9 nitrogen and oxygen atoms in total. The predicted molar refractivity (Wildman–Crippen MR) is 176 cm³/mol. The Labute approximate surface area is 268 Å². The number of carboxylic acid groups (broad SMARTS) is 1. The Kier molecular flexibility index (Phi) is 12.5. The molecule has 1 atom stereocenters. The molecule has 0 saturated carbocycles. The van der Waals surface area contributed by atoms with Gasteiger partial charge in [-0.3, -0.25) is 9.59 Å². The second-order valence-electron chi connectivity index (χ2n) is 10.8. The molecule has 0 bridgehead atoms. The third kappa shape index (κ3) is 10.3. The number of nitrogens with one attached hydrogen (secondary N) is 2. The normalized spacial score (nSPS) is 11.2. The van der Waals surface area contributed by atoms with Gasteiger partial charge in [0.05, 0.1) is 12.2 Å². The van der Waals surface area contributed by atoms with E-state index in [0.29, 0.717) is 40.5 Å². The molecule has 2 amide bonds. The summed E-state index contributed by atoms with van der Waals surface area (Å²) in [6.07, 6.45) is 5.78. The quantitative estimate of drug-likeness (QED) is 0.0701. The van der Waals surface area contributed by atoms with Crippen LogP contribution in [0.4, 0.5) is 5.69 Å². The van der Waals surface area contributed by atoms with Crippen LogP contribution in [-0.4, -0.2) is 41.5 Å². The molecule has 0 aliphatic heterocycles. The summed E-state index contributed by atoms with van der Waals surface area (Å²) in [6.45, 7) is 2.82. The van der Waals surface area contributed by atoms with Crippen LogP contribution in [0.25, 0.3) is 0 Å². The molecule has 4 aromatic carbocycles. The molecule has 0 aromatic heterocycles. The summed E-state index contributed by atoms with van der Waals surface area (Å²) in [6, 6.07) is 26.9. The van der Waals surface area contributed by atoms with E-state index in [0.717, 1.165) is 12.8 Å². The number of carbonyl (C=O) groups excluding carboxylic acids is 3. The van der Waals surface area contributed by atoms with Gasteiger partial charge in [0.25, 0.3) is 11.8 Å². The summed E-state index contributed by atoms with van der Waals surface area (Å²) in [7, 11) is 0. The van der Waals surface area contributed by atoms with Crippen LogP contribution in [0, 0.1) is 0 Å². The second-order valence-corrected chi connectivity index (χ2v) is 10.8. The summed E-state index contributed by atoms with van der Waals surface area (Å²) in [4.78, 5) is 49.7. The summed E-state index contributed by atoms with van der Waals surface area (Å²) < 4.78 is 11.2. The number of ether oxygens (including phenoxy) is 2. The van der Waals surface area contributed by atoms with Crippen LogP contribution in [0.5, 0.6) is 11.5 Å². The first kappa shape index (κ1) is 33.5. The summed E-state index contributed by atoms with van der Waals surface area (Å²) in [5, 5.41) is 15.1. The maximum absolute atomic E-state index is 12.8. The molecular formula is C37H38N2O7. The van der Waals surface area contributed by atoms with E-state index in [2.05, 4.69) is 17.6 Å². The standard InChI is InChI=1S/C37H38N2O7/c1-2-3-4-5-9-24-45-31-22-16-29(17-23-31)37(44)46-32-20-12-26(13-21-32)25-33(36(42)43)39-35(41)28-14-18-30(19-15-28)38-34(40)27-10-7-6-8-11-27/h6-8,10-23,33H,2-5,9,24-25H2,1H3,(H,38,40)(H,39,41)(H,42,43)/t33-/m0/s1. The zero-order chi connectivity index (χ0) is 32.7. The number of benzene rings is 4. The Balaban J connectivity index is 1.26. The molecule has 0 aliphatic rings. The third-order valence-electron chi connectivity index (χ3n) is 7.22. The number of esters is 1. The topological polar surface area (TPSA) is 131 Å². The van der Waals surface area contributed by atoms with Gasteiger partial charge in [0.2, 0.25) is 0 Å². The van der Waals surface area contributed by atoms with Gasteiger partial charge in [-0.05, 0) is 84.8 Å².